The summed E-state index contributed by atoms with van der Waals surface area (Å²) in [6.07, 6.45) is 4.44. The number of likely N-dealkylation sites (tertiary alicyclic amines) is 1. The molecule has 170 valence electrons. The second-order valence-corrected chi connectivity index (χ2v) is 9.98. The van der Waals surface area contributed by atoms with Crippen molar-refractivity contribution in [3.05, 3.63) is 28.3 Å². The van der Waals surface area contributed by atoms with Crippen LogP contribution in [0.15, 0.2) is 12.1 Å². The first-order chi connectivity index (χ1) is 15.3. The van der Waals surface area contributed by atoms with Gasteiger partial charge in [0.15, 0.2) is 0 Å². The van der Waals surface area contributed by atoms with Gasteiger partial charge in [0.2, 0.25) is 17.4 Å². The molecule has 1 spiro atoms. The molecule has 1 aromatic rings. The first kappa shape index (κ1) is 21.4. The maximum Gasteiger partial charge on any atom is 0.291 e. The highest BCUT2D eigenvalue weighted by Gasteiger charge is 2.74. The molecule has 4 aliphatic rings. The van der Waals surface area contributed by atoms with E-state index in [1.54, 1.807) is 11.4 Å². The van der Waals surface area contributed by atoms with Crippen LogP contribution in [0.3, 0.4) is 0 Å². The highest BCUT2D eigenvalue weighted by Crippen LogP contribution is 2.52. The highest BCUT2D eigenvalue weighted by atomic mass is 35.5. The number of aryl methyl sites for hydroxylation is 1. The number of fused-ring (bicyclic) bond motifs is 4. The van der Waals surface area contributed by atoms with Crippen LogP contribution in [0.1, 0.15) is 56.1 Å². The quantitative estimate of drug-likeness (QED) is 0.623. The summed E-state index contributed by atoms with van der Waals surface area (Å²) in [6, 6.07) is 2.92. The Morgan fingerprint density at radius 2 is 1.94 bits per heavy atom. The van der Waals surface area contributed by atoms with E-state index in [2.05, 4.69) is 5.32 Å². The van der Waals surface area contributed by atoms with Crippen LogP contribution in [0.5, 0.6) is 0 Å². The number of anilines is 1. The number of carboxylic acid groups (broad SMARTS) is 1. The van der Waals surface area contributed by atoms with Crippen molar-refractivity contribution in [1.29, 1.82) is 0 Å². The fourth-order valence-corrected chi connectivity index (χ4v) is 6.75. The number of quaternary nitrogens is 1. The van der Waals surface area contributed by atoms with Gasteiger partial charge in [0.05, 0.1) is 10.7 Å². The number of nitrogens with one attached hydrogen (secondary N) is 1. The van der Waals surface area contributed by atoms with E-state index in [0.29, 0.717) is 16.3 Å². The molecule has 5 rings (SSSR count). The largest absolute Gasteiger partial charge is 0.550 e. The normalized spacial score (nSPS) is 31.9. The van der Waals surface area contributed by atoms with Gasteiger partial charge in [0, 0.05) is 24.0 Å². The minimum absolute atomic E-state index is 0.144. The van der Waals surface area contributed by atoms with Crippen molar-refractivity contribution >= 4 is 41.0 Å². The maximum absolute atomic E-state index is 13.8. The Kier molecular flexibility index (Phi) is 5.05. The van der Waals surface area contributed by atoms with E-state index in [0.717, 1.165) is 37.7 Å². The molecule has 32 heavy (non-hydrogen) atoms. The molecule has 1 aromatic carbocycles. The summed E-state index contributed by atoms with van der Waals surface area (Å²) in [7, 11) is 0. The van der Waals surface area contributed by atoms with Crippen LogP contribution in [0.25, 0.3) is 0 Å². The number of hydrogen-bond acceptors (Lipinski definition) is 5. The molecule has 1 saturated carbocycles. The topological polar surface area (TPSA) is 123 Å². The second-order valence-electron chi connectivity index (χ2n) is 9.58. The van der Waals surface area contributed by atoms with E-state index in [1.807, 2.05) is 13.0 Å². The average molecular weight is 460 g/mol. The number of carbonyl (C=O) groups is 4. The van der Waals surface area contributed by atoms with Crippen LogP contribution >= 0.6 is 11.6 Å². The van der Waals surface area contributed by atoms with Crippen molar-refractivity contribution in [3.8, 4) is 0 Å². The lowest BCUT2D eigenvalue weighted by molar-refractivity contribution is -0.734. The number of rotatable bonds is 4. The van der Waals surface area contributed by atoms with Crippen LogP contribution in [0.2, 0.25) is 5.02 Å². The third-order valence-corrected chi connectivity index (χ3v) is 8.03. The molecule has 9 heteroatoms. The van der Waals surface area contributed by atoms with Gasteiger partial charge in [-0.3, -0.25) is 19.3 Å². The molecule has 4 atom stereocenters. The number of amides is 3. The van der Waals surface area contributed by atoms with Gasteiger partial charge in [-0.15, -0.1) is 0 Å². The molecular formula is C23H26ClN3O5. The number of nitrogens with two attached hydrogens (primary N) is 1. The number of benzene rings is 1. The van der Waals surface area contributed by atoms with Gasteiger partial charge < -0.3 is 20.5 Å². The van der Waals surface area contributed by atoms with Crippen molar-refractivity contribution in [2.45, 2.75) is 69.5 Å². The summed E-state index contributed by atoms with van der Waals surface area (Å²) in [5.41, 5.74) is 0.579. The van der Waals surface area contributed by atoms with Crippen LogP contribution < -0.4 is 15.7 Å². The van der Waals surface area contributed by atoms with Crippen LogP contribution in [-0.4, -0.2) is 40.7 Å². The number of aliphatic carboxylic acids is 1. The molecule has 0 radical (unpaired) electrons. The van der Waals surface area contributed by atoms with E-state index in [-0.39, 0.29) is 36.6 Å². The van der Waals surface area contributed by atoms with Gasteiger partial charge in [-0.1, -0.05) is 30.9 Å². The smallest absolute Gasteiger partial charge is 0.291 e. The van der Waals surface area contributed by atoms with E-state index < -0.39 is 29.4 Å². The van der Waals surface area contributed by atoms with Gasteiger partial charge in [-0.05, 0) is 43.9 Å². The monoisotopic (exact) mass is 459 g/mol. The van der Waals surface area contributed by atoms with Crippen molar-refractivity contribution in [2.24, 2.45) is 11.8 Å². The number of halogens is 1. The lowest BCUT2D eigenvalue weighted by Crippen LogP contribution is -2.99. The fourth-order valence-electron chi connectivity index (χ4n) is 6.42. The van der Waals surface area contributed by atoms with Crippen molar-refractivity contribution < 1.29 is 29.6 Å². The molecular weight excluding hydrogens is 434 g/mol. The zero-order valence-electron chi connectivity index (χ0n) is 17.9. The van der Waals surface area contributed by atoms with Crippen molar-refractivity contribution in [1.82, 2.24) is 4.90 Å². The highest BCUT2D eigenvalue weighted by molar-refractivity contribution is 6.35. The summed E-state index contributed by atoms with van der Waals surface area (Å²) >= 11 is 6.42. The summed E-state index contributed by atoms with van der Waals surface area (Å²) in [6.45, 7) is 1.86. The summed E-state index contributed by atoms with van der Waals surface area (Å²) in [5, 5.41) is 16.2. The third-order valence-electron chi connectivity index (χ3n) is 7.73. The number of hydrogen-bond donors (Lipinski definition) is 2. The molecule has 8 nitrogen and oxygen atoms in total. The van der Waals surface area contributed by atoms with Crippen LogP contribution in [0, 0.1) is 18.8 Å². The van der Waals surface area contributed by atoms with E-state index in [1.165, 1.54) is 4.90 Å². The molecule has 3 fully saturated rings. The Balaban J connectivity index is 1.63. The zero-order valence-corrected chi connectivity index (χ0v) is 18.6. The molecule has 3 amide bonds. The van der Waals surface area contributed by atoms with E-state index in [4.69, 9.17) is 11.6 Å². The first-order valence-corrected chi connectivity index (χ1v) is 11.7. The number of imide groups is 1. The molecule has 0 bridgehead atoms. The minimum atomic E-state index is -1.33. The molecule has 1 aliphatic carbocycles. The standard InChI is InChI=1S/C23H26ClN3O5/c1-11-9-13-19(14(24)10-11)25-22(32)23(13)18-17(15(26-23)7-8-16(28)29)20(30)27(21(18)31)12-5-3-2-4-6-12/h9-10,12,15,17-18,26H,2-8H2,1H3,(H,25,32)(H,28,29)/t15-,17-,18+,23-/m1/s1. The summed E-state index contributed by atoms with van der Waals surface area (Å²) in [5.74, 6) is -3.82. The lowest BCUT2D eigenvalue weighted by Gasteiger charge is -2.32. The molecule has 3 aliphatic heterocycles. The minimum Gasteiger partial charge on any atom is -0.550 e. The Hall–Kier alpha value is -2.45. The molecule has 0 aromatic heterocycles. The lowest BCUT2D eigenvalue weighted by atomic mass is 9.76. The van der Waals surface area contributed by atoms with Gasteiger partial charge in [-0.2, -0.15) is 0 Å². The van der Waals surface area contributed by atoms with E-state index in [9.17, 15) is 24.3 Å². The molecule has 3 N–H and O–H groups in total. The maximum atomic E-state index is 13.8. The average Bonchev–Trinajstić information content (AvgIpc) is 3.33. The number of carboxylic acids is 1. The zero-order chi connectivity index (χ0) is 22.8. The molecule has 0 unspecified atom stereocenters. The summed E-state index contributed by atoms with van der Waals surface area (Å²) in [4.78, 5) is 53.5. The van der Waals surface area contributed by atoms with Crippen molar-refractivity contribution in [2.75, 3.05) is 5.32 Å². The fraction of sp³-hybridized carbons (Fsp3) is 0.565. The SMILES string of the molecule is Cc1cc(Cl)c2c(c1)[C@]1([NH2+][C@H](CCC(=O)[O-])[C@H]3C(=O)N(C4CCCCC4)C(=O)[C@H]31)C(=O)N2. The van der Waals surface area contributed by atoms with Gasteiger partial charge in [0.25, 0.3) is 5.91 Å². The second kappa shape index (κ2) is 7.56. The van der Waals surface area contributed by atoms with Crippen LogP contribution in [-0.2, 0) is 24.7 Å². The van der Waals surface area contributed by atoms with Gasteiger partial charge in [-0.25, -0.2) is 0 Å². The predicted molar refractivity (Wildman–Crippen MR) is 112 cm³/mol. The molecule has 3 heterocycles. The Morgan fingerprint density at radius 3 is 2.62 bits per heavy atom. The van der Waals surface area contributed by atoms with Gasteiger partial charge in [0.1, 0.15) is 17.9 Å². The predicted octanol–water partition coefficient (Wildman–Crippen LogP) is 0.205. The third kappa shape index (κ3) is 2.92. The summed E-state index contributed by atoms with van der Waals surface area (Å²) < 4.78 is 0. The Bertz CT molecular complexity index is 1040. The van der Waals surface area contributed by atoms with E-state index >= 15 is 0 Å². The Morgan fingerprint density at radius 1 is 1.22 bits per heavy atom. The number of nitrogens with zero attached hydrogens (tertiary/aromatic N) is 1. The van der Waals surface area contributed by atoms with Gasteiger partial charge >= 0.3 is 0 Å². The molecule has 2 saturated heterocycles. The number of carbonyl (C=O) groups excluding carboxylic acids is 4. The van der Waals surface area contributed by atoms with Crippen LogP contribution in [0.4, 0.5) is 5.69 Å². The van der Waals surface area contributed by atoms with Crippen molar-refractivity contribution in [3.63, 3.8) is 0 Å². The first-order valence-electron chi connectivity index (χ1n) is 11.3. The Labute approximate surface area is 190 Å².